The van der Waals surface area contributed by atoms with Gasteiger partial charge in [-0.1, -0.05) is 6.07 Å². The van der Waals surface area contributed by atoms with Crippen LogP contribution in [0.5, 0.6) is 5.75 Å². The summed E-state index contributed by atoms with van der Waals surface area (Å²) in [5.41, 5.74) is 6.48. The minimum absolute atomic E-state index is 0.633. The molecule has 0 aliphatic carbocycles. The van der Waals surface area contributed by atoms with Crippen LogP contribution in [-0.2, 0) is 0 Å². The molecule has 1 saturated heterocycles. The topological polar surface area (TPSA) is 41.7 Å². The van der Waals surface area contributed by atoms with Gasteiger partial charge in [0.25, 0.3) is 0 Å². The average molecular weight is 277 g/mol. The van der Waals surface area contributed by atoms with Crippen molar-refractivity contribution >= 4 is 5.69 Å². The van der Waals surface area contributed by atoms with Gasteiger partial charge in [0, 0.05) is 43.5 Å². The molecule has 1 heterocycles. The van der Waals surface area contributed by atoms with Crippen LogP contribution >= 0.6 is 0 Å². The number of piperazine rings is 1. The van der Waals surface area contributed by atoms with Crippen LogP contribution in [0.3, 0.4) is 0 Å². The Morgan fingerprint density at radius 1 is 1.25 bits per heavy atom. The molecular formula is C16H27N3O. The molecule has 1 fully saturated rings. The molecule has 1 aromatic carbocycles. The third kappa shape index (κ3) is 4.12. The van der Waals surface area contributed by atoms with E-state index in [1.807, 2.05) is 24.3 Å². The summed E-state index contributed by atoms with van der Waals surface area (Å²) < 4.78 is 5.74. The van der Waals surface area contributed by atoms with Crippen LogP contribution in [0.2, 0.25) is 0 Å². The van der Waals surface area contributed by atoms with Gasteiger partial charge >= 0.3 is 0 Å². The highest BCUT2D eigenvalue weighted by molar-refractivity contribution is 5.43. The standard InChI is InChI=1S/C16H27N3O/c1-13-11-19(12-14(2)18(13)3)8-5-9-20-16-7-4-6-15(17)10-16/h4,6-7,10,13-14H,5,8-9,11-12,17H2,1-3H3. The molecule has 2 rings (SSSR count). The lowest BCUT2D eigenvalue weighted by Crippen LogP contribution is -2.55. The summed E-state index contributed by atoms with van der Waals surface area (Å²) in [6.45, 7) is 8.75. The second-order valence-electron chi connectivity index (χ2n) is 5.90. The van der Waals surface area contributed by atoms with Crippen molar-refractivity contribution < 1.29 is 4.74 Å². The monoisotopic (exact) mass is 277 g/mol. The van der Waals surface area contributed by atoms with Crippen molar-refractivity contribution in [1.29, 1.82) is 0 Å². The number of nitrogens with two attached hydrogens (primary N) is 1. The summed E-state index contributed by atoms with van der Waals surface area (Å²) >= 11 is 0. The number of nitrogens with zero attached hydrogens (tertiary/aromatic N) is 2. The van der Waals surface area contributed by atoms with Gasteiger partial charge in [0.1, 0.15) is 5.75 Å². The lowest BCUT2D eigenvalue weighted by atomic mass is 10.1. The van der Waals surface area contributed by atoms with Crippen LogP contribution in [0.4, 0.5) is 5.69 Å². The quantitative estimate of drug-likeness (QED) is 0.661. The predicted octanol–water partition coefficient (Wildman–Crippen LogP) is 2.06. The van der Waals surface area contributed by atoms with E-state index >= 15 is 0 Å². The number of likely N-dealkylation sites (N-methyl/N-ethyl adjacent to an activating group) is 1. The molecule has 20 heavy (non-hydrogen) atoms. The Hall–Kier alpha value is -1.26. The summed E-state index contributed by atoms with van der Waals surface area (Å²) in [6.07, 6.45) is 1.05. The molecule has 2 N–H and O–H groups in total. The van der Waals surface area contributed by atoms with Crippen molar-refractivity contribution in [2.45, 2.75) is 32.4 Å². The molecule has 0 radical (unpaired) electrons. The molecule has 2 unspecified atom stereocenters. The van der Waals surface area contributed by atoms with Gasteiger partial charge in [-0.05, 0) is 39.4 Å². The van der Waals surface area contributed by atoms with Gasteiger partial charge in [-0.2, -0.15) is 0 Å². The highest BCUT2D eigenvalue weighted by Crippen LogP contribution is 2.16. The van der Waals surface area contributed by atoms with Crippen LogP contribution in [0, 0.1) is 0 Å². The molecule has 112 valence electrons. The van der Waals surface area contributed by atoms with E-state index < -0.39 is 0 Å². The fraction of sp³-hybridized carbons (Fsp3) is 0.625. The SMILES string of the molecule is CC1CN(CCCOc2cccc(N)c2)CC(C)N1C. The largest absolute Gasteiger partial charge is 0.493 e. The van der Waals surface area contributed by atoms with E-state index in [0.717, 1.165) is 44.1 Å². The number of hydrogen-bond acceptors (Lipinski definition) is 4. The lowest BCUT2D eigenvalue weighted by Gasteiger charge is -2.42. The molecule has 2 atom stereocenters. The van der Waals surface area contributed by atoms with Gasteiger partial charge in [0.05, 0.1) is 6.61 Å². The predicted molar refractivity (Wildman–Crippen MR) is 84.1 cm³/mol. The Labute approximate surface area is 122 Å². The van der Waals surface area contributed by atoms with E-state index in [2.05, 4.69) is 30.7 Å². The number of anilines is 1. The third-order valence-electron chi connectivity index (χ3n) is 4.18. The number of ether oxygens (including phenoxy) is 1. The first-order chi connectivity index (χ1) is 9.56. The molecule has 0 spiro atoms. The Morgan fingerprint density at radius 2 is 1.95 bits per heavy atom. The number of rotatable bonds is 5. The van der Waals surface area contributed by atoms with Gasteiger partial charge in [0.2, 0.25) is 0 Å². The summed E-state index contributed by atoms with van der Waals surface area (Å²) in [5.74, 6) is 0.866. The maximum atomic E-state index is 5.74. The van der Waals surface area contributed by atoms with E-state index in [4.69, 9.17) is 10.5 Å². The first kappa shape index (κ1) is 15.1. The molecule has 0 aromatic heterocycles. The molecule has 4 heteroatoms. The zero-order valence-corrected chi connectivity index (χ0v) is 12.9. The van der Waals surface area contributed by atoms with Gasteiger partial charge in [-0.15, -0.1) is 0 Å². The summed E-state index contributed by atoms with van der Waals surface area (Å²) in [5, 5.41) is 0. The molecule has 0 bridgehead atoms. The first-order valence-corrected chi connectivity index (χ1v) is 7.49. The van der Waals surface area contributed by atoms with Crippen molar-refractivity contribution in [3.63, 3.8) is 0 Å². The van der Waals surface area contributed by atoms with Crippen LogP contribution in [0.15, 0.2) is 24.3 Å². The van der Waals surface area contributed by atoms with Crippen molar-refractivity contribution in [3.05, 3.63) is 24.3 Å². The second-order valence-corrected chi connectivity index (χ2v) is 5.90. The smallest absolute Gasteiger partial charge is 0.121 e. The molecular weight excluding hydrogens is 250 g/mol. The summed E-state index contributed by atoms with van der Waals surface area (Å²) in [6, 6.07) is 8.90. The normalized spacial score (nSPS) is 24.8. The molecule has 1 aliphatic heterocycles. The van der Waals surface area contributed by atoms with Gasteiger partial charge < -0.3 is 15.4 Å². The van der Waals surface area contributed by atoms with E-state index in [1.54, 1.807) is 0 Å². The van der Waals surface area contributed by atoms with Crippen molar-refractivity contribution in [1.82, 2.24) is 9.80 Å². The first-order valence-electron chi connectivity index (χ1n) is 7.49. The number of nitrogen functional groups attached to an aromatic ring is 1. The van der Waals surface area contributed by atoms with Crippen LogP contribution < -0.4 is 10.5 Å². The Bertz CT molecular complexity index is 412. The van der Waals surface area contributed by atoms with Crippen LogP contribution in [0.25, 0.3) is 0 Å². The zero-order chi connectivity index (χ0) is 14.5. The lowest BCUT2D eigenvalue weighted by molar-refractivity contribution is 0.0571. The highest BCUT2D eigenvalue weighted by atomic mass is 16.5. The minimum atomic E-state index is 0.633. The van der Waals surface area contributed by atoms with Crippen LogP contribution in [-0.4, -0.2) is 55.2 Å². The van der Waals surface area contributed by atoms with Crippen molar-refractivity contribution in [2.24, 2.45) is 0 Å². The van der Waals surface area contributed by atoms with Crippen LogP contribution in [0.1, 0.15) is 20.3 Å². The maximum Gasteiger partial charge on any atom is 0.121 e. The van der Waals surface area contributed by atoms with E-state index in [1.165, 1.54) is 0 Å². The van der Waals surface area contributed by atoms with Crippen molar-refractivity contribution in [2.75, 3.05) is 39.0 Å². The minimum Gasteiger partial charge on any atom is -0.493 e. The molecule has 0 saturated carbocycles. The number of benzene rings is 1. The van der Waals surface area contributed by atoms with Gasteiger partial charge in [-0.25, -0.2) is 0 Å². The summed E-state index contributed by atoms with van der Waals surface area (Å²) in [4.78, 5) is 5.00. The maximum absolute atomic E-state index is 5.74. The summed E-state index contributed by atoms with van der Waals surface area (Å²) in [7, 11) is 2.22. The Kier molecular flexibility index (Phi) is 5.26. The van der Waals surface area contributed by atoms with Gasteiger partial charge in [0.15, 0.2) is 0 Å². The van der Waals surface area contributed by atoms with E-state index in [-0.39, 0.29) is 0 Å². The van der Waals surface area contributed by atoms with E-state index in [9.17, 15) is 0 Å². The fourth-order valence-electron chi connectivity index (χ4n) is 2.78. The molecule has 1 aliphatic rings. The Morgan fingerprint density at radius 3 is 2.60 bits per heavy atom. The van der Waals surface area contributed by atoms with Crippen molar-refractivity contribution in [3.8, 4) is 5.75 Å². The molecule has 4 nitrogen and oxygen atoms in total. The average Bonchev–Trinajstić information content (AvgIpc) is 2.41. The van der Waals surface area contributed by atoms with Gasteiger partial charge in [-0.3, -0.25) is 4.90 Å². The highest BCUT2D eigenvalue weighted by Gasteiger charge is 2.25. The Balaban J connectivity index is 1.69. The fourth-order valence-corrected chi connectivity index (χ4v) is 2.78. The van der Waals surface area contributed by atoms with E-state index in [0.29, 0.717) is 12.1 Å². The zero-order valence-electron chi connectivity index (χ0n) is 12.9. The second kappa shape index (κ2) is 6.95. The molecule has 0 amide bonds. The number of hydrogen-bond donors (Lipinski definition) is 1. The molecule has 1 aromatic rings. The third-order valence-corrected chi connectivity index (χ3v) is 4.18.